The lowest BCUT2D eigenvalue weighted by atomic mass is 10.1. The van der Waals surface area contributed by atoms with E-state index in [1.165, 1.54) is 12.1 Å². The average molecular weight is 359 g/mol. The van der Waals surface area contributed by atoms with E-state index in [0.29, 0.717) is 25.1 Å². The monoisotopic (exact) mass is 359 g/mol. The third-order valence-corrected chi connectivity index (χ3v) is 3.65. The van der Waals surface area contributed by atoms with Gasteiger partial charge in [0.15, 0.2) is 12.7 Å². The first-order chi connectivity index (χ1) is 12.6. The van der Waals surface area contributed by atoms with E-state index >= 15 is 0 Å². The zero-order valence-electron chi connectivity index (χ0n) is 14.6. The Balaban J connectivity index is 1.69. The van der Waals surface area contributed by atoms with Gasteiger partial charge in [0.05, 0.1) is 0 Å². The Labute approximate surface area is 152 Å². The zero-order valence-corrected chi connectivity index (χ0v) is 14.6. The summed E-state index contributed by atoms with van der Waals surface area (Å²) in [6.45, 7) is 1.81. The van der Waals surface area contributed by atoms with Gasteiger partial charge in [-0.1, -0.05) is 37.3 Å². The van der Waals surface area contributed by atoms with Crippen molar-refractivity contribution in [1.82, 2.24) is 5.32 Å². The molecule has 0 aliphatic carbocycles. The van der Waals surface area contributed by atoms with Gasteiger partial charge >= 0.3 is 5.97 Å². The number of hydrogen-bond donors (Lipinski definition) is 1. The first-order valence-corrected chi connectivity index (χ1v) is 8.48. The van der Waals surface area contributed by atoms with Crippen molar-refractivity contribution in [2.24, 2.45) is 0 Å². The van der Waals surface area contributed by atoms with Gasteiger partial charge in [-0.2, -0.15) is 0 Å². The molecule has 0 bridgehead atoms. The highest BCUT2D eigenvalue weighted by atomic mass is 19.1. The largest absolute Gasteiger partial charge is 0.479 e. The smallest absolute Gasteiger partial charge is 0.347 e. The average Bonchev–Trinajstić information content (AvgIpc) is 2.66. The van der Waals surface area contributed by atoms with Gasteiger partial charge in [-0.25, -0.2) is 9.18 Å². The van der Waals surface area contributed by atoms with Crippen LogP contribution >= 0.6 is 0 Å². The summed E-state index contributed by atoms with van der Waals surface area (Å²) < 4.78 is 23.4. The second-order valence-electron chi connectivity index (χ2n) is 5.66. The SMILES string of the molecule is CC[C@@H](Oc1ccccc1)C(=O)OCC(=O)NCCc1ccc(F)cc1. The van der Waals surface area contributed by atoms with E-state index < -0.39 is 18.0 Å². The third-order valence-electron chi connectivity index (χ3n) is 3.65. The Hall–Kier alpha value is -2.89. The first kappa shape index (κ1) is 19.4. The molecule has 0 fully saturated rings. The zero-order chi connectivity index (χ0) is 18.8. The Kier molecular flexibility index (Phi) is 7.61. The summed E-state index contributed by atoms with van der Waals surface area (Å²) in [5.74, 6) is -0.701. The van der Waals surface area contributed by atoms with Crippen LogP contribution in [0.2, 0.25) is 0 Å². The Bertz CT molecular complexity index is 704. The number of ether oxygens (including phenoxy) is 2. The van der Waals surface area contributed by atoms with Crippen molar-refractivity contribution < 1.29 is 23.5 Å². The van der Waals surface area contributed by atoms with Gasteiger partial charge in [0.1, 0.15) is 11.6 Å². The fraction of sp³-hybridized carbons (Fsp3) is 0.300. The maximum absolute atomic E-state index is 12.8. The predicted molar refractivity (Wildman–Crippen MR) is 95.2 cm³/mol. The van der Waals surface area contributed by atoms with Crippen LogP contribution in [0.3, 0.4) is 0 Å². The van der Waals surface area contributed by atoms with Crippen LogP contribution in [0.25, 0.3) is 0 Å². The van der Waals surface area contributed by atoms with Crippen molar-refractivity contribution in [3.63, 3.8) is 0 Å². The molecule has 1 N–H and O–H groups in total. The normalized spacial score (nSPS) is 11.5. The summed E-state index contributed by atoms with van der Waals surface area (Å²) in [5.41, 5.74) is 0.908. The molecule has 1 amide bonds. The van der Waals surface area contributed by atoms with Gasteiger partial charge in [0.25, 0.3) is 5.91 Å². The topological polar surface area (TPSA) is 64.6 Å². The lowest BCUT2D eigenvalue weighted by Crippen LogP contribution is -2.34. The van der Waals surface area contributed by atoms with Crippen LogP contribution in [0, 0.1) is 5.82 Å². The molecule has 138 valence electrons. The quantitative estimate of drug-likeness (QED) is 0.699. The van der Waals surface area contributed by atoms with E-state index in [0.717, 1.165) is 5.56 Å². The Morgan fingerprint density at radius 2 is 1.77 bits per heavy atom. The van der Waals surface area contributed by atoms with Gasteiger partial charge < -0.3 is 14.8 Å². The van der Waals surface area contributed by atoms with Crippen molar-refractivity contribution in [3.8, 4) is 5.75 Å². The number of benzene rings is 2. The number of carbonyl (C=O) groups excluding carboxylic acids is 2. The van der Waals surface area contributed by atoms with E-state index in [2.05, 4.69) is 5.32 Å². The van der Waals surface area contributed by atoms with Crippen LogP contribution in [0.4, 0.5) is 4.39 Å². The summed E-state index contributed by atoms with van der Waals surface area (Å²) in [4.78, 5) is 23.8. The van der Waals surface area contributed by atoms with E-state index in [4.69, 9.17) is 9.47 Å². The Morgan fingerprint density at radius 1 is 1.08 bits per heavy atom. The molecule has 1 atom stereocenters. The highest BCUT2D eigenvalue weighted by molar-refractivity contribution is 5.82. The van der Waals surface area contributed by atoms with Gasteiger partial charge in [0.2, 0.25) is 0 Å². The molecule has 5 nitrogen and oxygen atoms in total. The number of halogens is 1. The summed E-state index contributed by atoms with van der Waals surface area (Å²) in [6.07, 6.45) is 0.235. The van der Waals surface area contributed by atoms with E-state index in [1.807, 2.05) is 18.2 Å². The van der Waals surface area contributed by atoms with Crippen LogP contribution in [-0.4, -0.2) is 31.1 Å². The summed E-state index contributed by atoms with van der Waals surface area (Å²) in [5, 5.41) is 2.66. The maximum atomic E-state index is 12.8. The number of amides is 1. The summed E-state index contributed by atoms with van der Waals surface area (Å²) in [6, 6.07) is 15.0. The third kappa shape index (κ3) is 6.55. The lowest BCUT2D eigenvalue weighted by Gasteiger charge is -2.16. The molecule has 0 aliphatic heterocycles. The predicted octanol–water partition coefficient (Wildman–Crippen LogP) is 2.89. The lowest BCUT2D eigenvalue weighted by molar-refractivity contribution is -0.155. The number of rotatable bonds is 9. The van der Waals surface area contributed by atoms with Gasteiger partial charge in [-0.15, -0.1) is 0 Å². The molecule has 26 heavy (non-hydrogen) atoms. The molecule has 0 unspecified atom stereocenters. The van der Waals surface area contributed by atoms with Crippen molar-refractivity contribution in [3.05, 3.63) is 66.0 Å². The molecule has 2 rings (SSSR count). The van der Waals surface area contributed by atoms with Crippen LogP contribution in [0.15, 0.2) is 54.6 Å². The molecule has 0 saturated carbocycles. The summed E-state index contributed by atoms with van der Waals surface area (Å²) >= 11 is 0. The van der Waals surface area contributed by atoms with Crippen molar-refractivity contribution in [1.29, 1.82) is 0 Å². The number of hydrogen-bond acceptors (Lipinski definition) is 4. The van der Waals surface area contributed by atoms with Crippen LogP contribution < -0.4 is 10.1 Å². The molecular formula is C20H22FNO4. The standard InChI is InChI=1S/C20H22FNO4/c1-2-18(26-17-6-4-3-5-7-17)20(24)25-14-19(23)22-13-12-15-8-10-16(21)11-9-15/h3-11,18H,2,12-14H2,1H3,(H,22,23)/t18-/m1/s1. The van der Waals surface area contributed by atoms with Gasteiger partial charge in [-0.3, -0.25) is 4.79 Å². The molecule has 0 spiro atoms. The molecule has 0 aliphatic rings. The molecule has 2 aromatic rings. The molecule has 6 heteroatoms. The second-order valence-corrected chi connectivity index (χ2v) is 5.66. The highest BCUT2D eigenvalue weighted by Crippen LogP contribution is 2.13. The van der Waals surface area contributed by atoms with Crippen molar-refractivity contribution in [2.75, 3.05) is 13.2 Å². The van der Waals surface area contributed by atoms with Crippen molar-refractivity contribution in [2.45, 2.75) is 25.9 Å². The van der Waals surface area contributed by atoms with Gasteiger partial charge in [-0.05, 0) is 42.7 Å². The number of esters is 1. The van der Waals surface area contributed by atoms with E-state index in [-0.39, 0.29) is 12.4 Å². The minimum Gasteiger partial charge on any atom is -0.479 e. The summed E-state index contributed by atoms with van der Waals surface area (Å²) in [7, 11) is 0. The van der Waals surface area contributed by atoms with Crippen molar-refractivity contribution >= 4 is 11.9 Å². The molecule has 0 radical (unpaired) electrons. The Morgan fingerprint density at radius 3 is 2.42 bits per heavy atom. The van der Waals surface area contributed by atoms with E-state index in [9.17, 15) is 14.0 Å². The maximum Gasteiger partial charge on any atom is 0.347 e. The minimum absolute atomic E-state index is 0.298. The van der Waals surface area contributed by atoms with Crippen LogP contribution in [-0.2, 0) is 20.7 Å². The number of nitrogens with one attached hydrogen (secondary N) is 1. The second kappa shape index (κ2) is 10.2. The van der Waals surface area contributed by atoms with Crippen LogP contribution in [0.5, 0.6) is 5.75 Å². The van der Waals surface area contributed by atoms with Gasteiger partial charge in [0, 0.05) is 6.54 Å². The fourth-order valence-corrected chi connectivity index (χ4v) is 2.24. The van der Waals surface area contributed by atoms with E-state index in [1.54, 1.807) is 31.2 Å². The minimum atomic E-state index is -0.760. The fourth-order valence-electron chi connectivity index (χ4n) is 2.24. The molecule has 0 saturated heterocycles. The first-order valence-electron chi connectivity index (χ1n) is 8.48. The number of carbonyl (C=O) groups is 2. The highest BCUT2D eigenvalue weighted by Gasteiger charge is 2.21. The molecule has 2 aromatic carbocycles. The molecule has 0 aromatic heterocycles. The molecular weight excluding hydrogens is 337 g/mol. The van der Waals surface area contributed by atoms with Crippen LogP contribution in [0.1, 0.15) is 18.9 Å². The molecule has 0 heterocycles. The number of para-hydroxylation sites is 1.